The molecule has 3 rings (SSSR count). The second-order valence-electron chi connectivity index (χ2n) is 6.24. The van der Waals surface area contributed by atoms with E-state index < -0.39 is 12.1 Å². The van der Waals surface area contributed by atoms with Gasteiger partial charge in [-0.2, -0.15) is 0 Å². The Morgan fingerprint density at radius 3 is 2.24 bits per heavy atom. The van der Waals surface area contributed by atoms with Gasteiger partial charge < -0.3 is 9.47 Å². The smallest absolute Gasteiger partial charge is 0.417 e. The fourth-order valence-electron chi connectivity index (χ4n) is 2.53. The molecule has 0 radical (unpaired) electrons. The average Bonchev–Trinajstić information content (AvgIpc) is 2.73. The lowest BCUT2D eigenvalue weighted by Gasteiger charge is -2.08. The number of hydrogen-bond acceptors (Lipinski definition) is 5. The van der Waals surface area contributed by atoms with Gasteiger partial charge in [0.05, 0.1) is 5.56 Å². The van der Waals surface area contributed by atoms with Crippen molar-refractivity contribution in [2.24, 2.45) is 0 Å². The third-order valence-electron chi connectivity index (χ3n) is 4.03. The quantitative estimate of drug-likeness (QED) is 0.481. The molecule has 0 bridgehead atoms. The Hall–Kier alpha value is -3.93. The first-order valence-electron chi connectivity index (χ1n) is 8.92. The van der Waals surface area contributed by atoms with Gasteiger partial charge in [0, 0.05) is 11.3 Å². The molecule has 6 heteroatoms. The van der Waals surface area contributed by atoms with E-state index in [1.54, 1.807) is 24.3 Å². The molecule has 146 valence electrons. The van der Waals surface area contributed by atoms with E-state index in [-0.39, 0.29) is 18.1 Å². The van der Waals surface area contributed by atoms with Crippen LogP contribution in [-0.4, -0.2) is 17.8 Å². The molecule has 1 N–H and O–H groups in total. The molecule has 0 atom stereocenters. The molecule has 0 fully saturated rings. The molecular weight excluding hydrogens is 370 g/mol. The van der Waals surface area contributed by atoms with Crippen LogP contribution < -0.4 is 10.1 Å². The third kappa shape index (κ3) is 5.77. The van der Waals surface area contributed by atoms with Gasteiger partial charge in [0.25, 0.3) is 0 Å². The van der Waals surface area contributed by atoms with Crippen LogP contribution in [-0.2, 0) is 11.3 Å². The Bertz CT molecular complexity index is 1010. The van der Waals surface area contributed by atoms with Crippen LogP contribution in [0.3, 0.4) is 0 Å². The van der Waals surface area contributed by atoms with Crippen molar-refractivity contribution in [3.05, 3.63) is 95.6 Å². The first-order chi connectivity index (χ1) is 14.0. The van der Waals surface area contributed by atoms with Gasteiger partial charge in [-0.25, -0.2) is 9.59 Å². The molecule has 0 saturated heterocycles. The van der Waals surface area contributed by atoms with E-state index in [9.17, 15) is 14.4 Å². The van der Waals surface area contributed by atoms with Crippen molar-refractivity contribution >= 4 is 23.5 Å². The molecule has 3 aromatic rings. The molecule has 0 heterocycles. The SMILES string of the molecule is CC(=O)c1cccc(NC(=O)Oc2ccc(C(=O)OCc3ccccc3)cc2)c1. The van der Waals surface area contributed by atoms with Crippen LogP contribution >= 0.6 is 0 Å². The van der Waals surface area contributed by atoms with Crippen LogP contribution in [0, 0.1) is 0 Å². The number of nitrogens with one attached hydrogen (secondary N) is 1. The highest BCUT2D eigenvalue weighted by molar-refractivity contribution is 5.96. The largest absolute Gasteiger partial charge is 0.457 e. The number of benzene rings is 3. The van der Waals surface area contributed by atoms with Gasteiger partial charge in [-0.1, -0.05) is 42.5 Å². The van der Waals surface area contributed by atoms with Crippen LogP contribution in [0.25, 0.3) is 0 Å². The summed E-state index contributed by atoms with van der Waals surface area (Å²) >= 11 is 0. The minimum Gasteiger partial charge on any atom is -0.457 e. The predicted molar refractivity (Wildman–Crippen MR) is 108 cm³/mol. The lowest BCUT2D eigenvalue weighted by Crippen LogP contribution is -2.17. The summed E-state index contributed by atoms with van der Waals surface area (Å²) in [5, 5.41) is 2.56. The maximum atomic E-state index is 12.1. The standard InChI is InChI=1S/C23H19NO5/c1-16(25)19-8-5-9-20(14-19)24-23(27)29-21-12-10-18(11-13-21)22(26)28-15-17-6-3-2-4-7-17/h2-14H,15H2,1H3,(H,24,27). The summed E-state index contributed by atoms with van der Waals surface area (Å²) in [7, 11) is 0. The van der Waals surface area contributed by atoms with Crippen molar-refractivity contribution in [1.82, 2.24) is 0 Å². The summed E-state index contributed by atoms with van der Waals surface area (Å²) in [6.07, 6.45) is -0.704. The van der Waals surface area contributed by atoms with Crippen molar-refractivity contribution in [2.75, 3.05) is 5.32 Å². The lowest BCUT2D eigenvalue weighted by atomic mass is 10.1. The third-order valence-corrected chi connectivity index (χ3v) is 4.03. The molecular formula is C23H19NO5. The molecule has 0 aromatic heterocycles. The maximum absolute atomic E-state index is 12.1. The summed E-state index contributed by atoms with van der Waals surface area (Å²) < 4.78 is 10.5. The summed E-state index contributed by atoms with van der Waals surface area (Å²) in [5.41, 5.74) is 2.18. The second kappa shape index (κ2) is 9.32. The number of hydrogen-bond donors (Lipinski definition) is 1. The number of carbonyl (C=O) groups is 3. The monoisotopic (exact) mass is 389 g/mol. The highest BCUT2D eigenvalue weighted by atomic mass is 16.6. The molecule has 0 saturated carbocycles. The molecule has 1 amide bonds. The van der Waals surface area contributed by atoms with Crippen molar-refractivity contribution in [1.29, 1.82) is 0 Å². The summed E-state index contributed by atoms with van der Waals surface area (Å²) in [6, 6.07) is 22.0. The maximum Gasteiger partial charge on any atom is 0.417 e. The van der Waals surface area contributed by atoms with Gasteiger partial charge in [-0.3, -0.25) is 10.1 Å². The van der Waals surface area contributed by atoms with Gasteiger partial charge >= 0.3 is 12.1 Å². The Morgan fingerprint density at radius 1 is 0.828 bits per heavy atom. The Balaban J connectivity index is 1.54. The van der Waals surface area contributed by atoms with Crippen LogP contribution in [0.15, 0.2) is 78.9 Å². The number of Topliss-reactive ketones (excluding diaryl/α,β-unsaturated/α-hetero) is 1. The van der Waals surface area contributed by atoms with E-state index >= 15 is 0 Å². The van der Waals surface area contributed by atoms with E-state index in [1.807, 2.05) is 30.3 Å². The van der Waals surface area contributed by atoms with E-state index in [0.29, 0.717) is 16.8 Å². The van der Waals surface area contributed by atoms with Gasteiger partial charge in [-0.15, -0.1) is 0 Å². The predicted octanol–water partition coefficient (Wildman–Crippen LogP) is 4.86. The summed E-state index contributed by atoms with van der Waals surface area (Å²) in [6.45, 7) is 1.63. The number of rotatable bonds is 6. The Kier molecular flexibility index (Phi) is 6.37. The van der Waals surface area contributed by atoms with Crippen molar-refractivity contribution in [2.45, 2.75) is 13.5 Å². The van der Waals surface area contributed by atoms with Gasteiger partial charge in [-0.05, 0) is 48.9 Å². The van der Waals surface area contributed by atoms with Crippen LogP contribution in [0.4, 0.5) is 10.5 Å². The number of amides is 1. The van der Waals surface area contributed by atoms with Crippen molar-refractivity contribution in [3.8, 4) is 5.75 Å². The van der Waals surface area contributed by atoms with Crippen LogP contribution in [0.1, 0.15) is 33.2 Å². The first kappa shape index (κ1) is 19.8. The van der Waals surface area contributed by atoms with Crippen molar-refractivity contribution < 1.29 is 23.9 Å². The molecule has 0 aliphatic rings. The zero-order chi connectivity index (χ0) is 20.6. The number of anilines is 1. The molecule has 0 aliphatic carbocycles. The number of ketones is 1. The normalized spacial score (nSPS) is 10.1. The minimum atomic E-state index is -0.704. The zero-order valence-electron chi connectivity index (χ0n) is 15.8. The molecule has 29 heavy (non-hydrogen) atoms. The highest BCUT2D eigenvalue weighted by Crippen LogP contribution is 2.16. The summed E-state index contributed by atoms with van der Waals surface area (Å²) in [4.78, 5) is 35.5. The fraction of sp³-hybridized carbons (Fsp3) is 0.0870. The number of esters is 1. The molecule has 0 spiro atoms. The van der Waals surface area contributed by atoms with E-state index in [4.69, 9.17) is 9.47 Å². The second-order valence-corrected chi connectivity index (χ2v) is 6.24. The average molecular weight is 389 g/mol. The molecule has 3 aromatic carbocycles. The van der Waals surface area contributed by atoms with Crippen LogP contribution in [0.5, 0.6) is 5.75 Å². The highest BCUT2D eigenvalue weighted by Gasteiger charge is 2.10. The molecule has 6 nitrogen and oxygen atoms in total. The lowest BCUT2D eigenvalue weighted by molar-refractivity contribution is 0.0472. The van der Waals surface area contributed by atoms with Crippen LogP contribution in [0.2, 0.25) is 0 Å². The topological polar surface area (TPSA) is 81.7 Å². The van der Waals surface area contributed by atoms with E-state index in [2.05, 4.69) is 5.32 Å². The number of ether oxygens (including phenoxy) is 2. The molecule has 0 aliphatic heterocycles. The Morgan fingerprint density at radius 2 is 1.55 bits per heavy atom. The van der Waals surface area contributed by atoms with Crippen molar-refractivity contribution in [3.63, 3.8) is 0 Å². The van der Waals surface area contributed by atoms with Gasteiger partial charge in [0.2, 0.25) is 0 Å². The van der Waals surface area contributed by atoms with E-state index in [0.717, 1.165) is 5.56 Å². The van der Waals surface area contributed by atoms with Gasteiger partial charge in [0.1, 0.15) is 12.4 Å². The Labute approximate surface area is 168 Å². The molecule has 0 unspecified atom stereocenters. The van der Waals surface area contributed by atoms with E-state index in [1.165, 1.54) is 31.2 Å². The summed E-state index contributed by atoms with van der Waals surface area (Å²) in [5.74, 6) is -0.299. The number of carbonyl (C=O) groups excluding carboxylic acids is 3. The minimum absolute atomic E-state index is 0.100. The van der Waals surface area contributed by atoms with Gasteiger partial charge in [0.15, 0.2) is 5.78 Å². The first-order valence-corrected chi connectivity index (χ1v) is 8.92. The zero-order valence-corrected chi connectivity index (χ0v) is 15.8. The fourth-order valence-corrected chi connectivity index (χ4v) is 2.53.